The zero-order valence-corrected chi connectivity index (χ0v) is 13.5. The summed E-state index contributed by atoms with van der Waals surface area (Å²) >= 11 is 12.1. The zero-order valence-electron chi connectivity index (χ0n) is 12.0. The molecular formula is C17H16Cl2N2O. The highest BCUT2D eigenvalue weighted by Gasteiger charge is 2.25. The topological polar surface area (TPSA) is 44.9 Å². The van der Waals surface area contributed by atoms with E-state index < -0.39 is 0 Å². The van der Waals surface area contributed by atoms with Crippen LogP contribution in [0.4, 0.5) is 0 Å². The molecule has 0 saturated heterocycles. The smallest absolute Gasteiger partial charge is 0.267 e. The first kappa shape index (κ1) is 15.3. The maximum absolute atomic E-state index is 12.5. The first-order valence-corrected chi connectivity index (χ1v) is 8.09. The predicted molar refractivity (Wildman–Crippen MR) is 90.4 cm³/mol. The maximum Gasteiger partial charge on any atom is 0.267 e. The minimum absolute atomic E-state index is 0.0386. The lowest BCUT2D eigenvalue weighted by Gasteiger charge is -2.28. The van der Waals surface area contributed by atoms with E-state index in [1.165, 1.54) is 0 Å². The molecule has 2 atom stereocenters. The van der Waals surface area contributed by atoms with E-state index in [0.29, 0.717) is 15.7 Å². The van der Waals surface area contributed by atoms with Crippen molar-refractivity contribution in [1.82, 2.24) is 10.3 Å². The van der Waals surface area contributed by atoms with Crippen LogP contribution in [-0.2, 0) is 0 Å². The van der Waals surface area contributed by atoms with Crippen molar-refractivity contribution in [2.24, 2.45) is 5.92 Å². The van der Waals surface area contributed by atoms with Gasteiger partial charge in [0, 0.05) is 27.9 Å². The van der Waals surface area contributed by atoms with Crippen LogP contribution < -0.4 is 5.32 Å². The number of aromatic amines is 1. The number of benzene rings is 1. The second-order valence-electron chi connectivity index (χ2n) is 5.67. The standard InChI is InChI=1S/C17H16Cl2N2O/c1-2-10-5-3-4-6-14(10)21-17(22)16-9-12-13(19)7-11(18)8-15(12)20-16/h1,7-10,14,20H,3-6H2,(H,21,22). The van der Waals surface area contributed by atoms with Gasteiger partial charge in [-0.1, -0.05) is 36.0 Å². The summed E-state index contributed by atoms with van der Waals surface area (Å²) in [4.78, 5) is 15.5. The Balaban J connectivity index is 1.83. The zero-order chi connectivity index (χ0) is 15.7. The van der Waals surface area contributed by atoms with Gasteiger partial charge in [-0.25, -0.2) is 0 Å². The lowest BCUT2D eigenvalue weighted by Crippen LogP contribution is -2.41. The molecule has 2 unspecified atom stereocenters. The third kappa shape index (κ3) is 2.95. The largest absolute Gasteiger partial charge is 0.350 e. The van der Waals surface area contributed by atoms with E-state index in [9.17, 15) is 4.79 Å². The lowest BCUT2D eigenvalue weighted by molar-refractivity contribution is 0.0913. The number of fused-ring (bicyclic) bond motifs is 1. The number of terminal acetylenes is 1. The maximum atomic E-state index is 12.5. The molecule has 1 saturated carbocycles. The molecule has 2 N–H and O–H groups in total. The van der Waals surface area contributed by atoms with Crippen LogP contribution in [0.3, 0.4) is 0 Å². The van der Waals surface area contributed by atoms with Gasteiger partial charge in [0.2, 0.25) is 0 Å². The van der Waals surface area contributed by atoms with Crippen molar-refractivity contribution in [3.05, 3.63) is 33.9 Å². The minimum atomic E-state index is -0.157. The summed E-state index contributed by atoms with van der Waals surface area (Å²) in [5.74, 6) is 2.74. The van der Waals surface area contributed by atoms with Gasteiger partial charge >= 0.3 is 0 Å². The number of halogens is 2. The van der Waals surface area contributed by atoms with E-state index >= 15 is 0 Å². The average molecular weight is 335 g/mol. The highest BCUT2D eigenvalue weighted by atomic mass is 35.5. The Morgan fingerprint density at radius 1 is 1.27 bits per heavy atom. The molecule has 0 spiro atoms. The summed E-state index contributed by atoms with van der Waals surface area (Å²) in [6, 6.07) is 5.20. The summed E-state index contributed by atoms with van der Waals surface area (Å²) in [6.45, 7) is 0. The molecule has 0 bridgehead atoms. The van der Waals surface area contributed by atoms with Gasteiger partial charge in [-0.15, -0.1) is 12.3 Å². The van der Waals surface area contributed by atoms with Crippen molar-refractivity contribution >= 4 is 40.0 Å². The van der Waals surface area contributed by atoms with Crippen LogP contribution in [0, 0.1) is 18.3 Å². The summed E-state index contributed by atoms with van der Waals surface area (Å²) in [5, 5.41) is 4.89. The highest BCUT2D eigenvalue weighted by Crippen LogP contribution is 2.29. The highest BCUT2D eigenvalue weighted by molar-refractivity contribution is 6.38. The Morgan fingerprint density at radius 2 is 2.05 bits per heavy atom. The van der Waals surface area contributed by atoms with Gasteiger partial charge in [0.15, 0.2) is 0 Å². The van der Waals surface area contributed by atoms with Gasteiger partial charge in [0.25, 0.3) is 5.91 Å². The average Bonchev–Trinajstić information content (AvgIpc) is 2.92. The number of rotatable bonds is 2. The van der Waals surface area contributed by atoms with Crippen molar-refractivity contribution in [3.8, 4) is 12.3 Å². The lowest BCUT2D eigenvalue weighted by atomic mass is 9.85. The third-order valence-electron chi connectivity index (χ3n) is 4.19. The summed E-state index contributed by atoms with van der Waals surface area (Å²) in [7, 11) is 0. The Morgan fingerprint density at radius 3 is 2.82 bits per heavy atom. The van der Waals surface area contributed by atoms with Crippen LogP contribution in [0.15, 0.2) is 18.2 Å². The van der Waals surface area contributed by atoms with E-state index in [-0.39, 0.29) is 17.9 Å². The number of amides is 1. The quantitative estimate of drug-likeness (QED) is 0.785. The fourth-order valence-electron chi connectivity index (χ4n) is 3.03. The monoisotopic (exact) mass is 334 g/mol. The first-order valence-electron chi connectivity index (χ1n) is 7.33. The fraction of sp³-hybridized carbons (Fsp3) is 0.353. The molecule has 3 nitrogen and oxygen atoms in total. The van der Waals surface area contributed by atoms with Gasteiger partial charge in [-0.05, 0) is 31.0 Å². The van der Waals surface area contributed by atoms with Crippen molar-refractivity contribution in [2.75, 3.05) is 0 Å². The summed E-state index contributed by atoms with van der Waals surface area (Å²) in [6.07, 6.45) is 9.68. The van der Waals surface area contributed by atoms with E-state index in [1.807, 2.05) is 0 Å². The number of carbonyl (C=O) groups excluding carboxylic acids is 1. The molecule has 1 heterocycles. The molecule has 5 heteroatoms. The second kappa shape index (κ2) is 6.24. The molecule has 0 radical (unpaired) electrons. The fourth-order valence-corrected chi connectivity index (χ4v) is 3.58. The molecule has 2 aromatic rings. The predicted octanol–water partition coefficient (Wildman–Crippen LogP) is 4.40. The Kier molecular flexibility index (Phi) is 4.33. The molecule has 1 amide bonds. The van der Waals surface area contributed by atoms with Crippen molar-refractivity contribution < 1.29 is 4.79 Å². The molecule has 0 aliphatic heterocycles. The molecule has 1 fully saturated rings. The molecule has 1 aliphatic carbocycles. The number of hydrogen-bond donors (Lipinski definition) is 2. The van der Waals surface area contributed by atoms with Gasteiger partial charge in [0.1, 0.15) is 5.69 Å². The molecule has 1 aromatic heterocycles. The normalized spacial score (nSPS) is 21.5. The van der Waals surface area contributed by atoms with E-state index in [2.05, 4.69) is 16.2 Å². The number of carbonyl (C=O) groups is 1. The van der Waals surface area contributed by atoms with Crippen molar-refractivity contribution in [2.45, 2.75) is 31.7 Å². The van der Waals surface area contributed by atoms with Crippen molar-refractivity contribution in [3.63, 3.8) is 0 Å². The van der Waals surface area contributed by atoms with E-state index in [4.69, 9.17) is 29.6 Å². The van der Waals surface area contributed by atoms with Crippen molar-refractivity contribution in [1.29, 1.82) is 0 Å². The Hall–Kier alpha value is -1.63. The number of hydrogen-bond acceptors (Lipinski definition) is 1. The van der Waals surface area contributed by atoms with Gasteiger partial charge < -0.3 is 10.3 Å². The summed E-state index contributed by atoms with van der Waals surface area (Å²) in [5.41, 5.74) is 1.22. The minimum Gasteiger partial charge on any atom is -0.350 e. The molecule has 1 aromatic carbocycles. The van der Waals surface area contributed by atoms with Crippen LogP contribution in [0.2, 0.25) is 10.0 Å². The SMILES string of the molecule is C#CC1CCCCC1NC(=O)c1cc2c(Cl)cc(Cl)cc2[nH]1. The molecule has 3 rings (SSSR count). The van der Waals surface area contributed by atoms with Gasteiger partial charge in [0.05, 0.1) is 5.02 Å². The molecule has 114 valence electrons. The Bertz CT molecular complexity index is 760. The van der Waals surface area contributed by atoms with E-state index in [1.54, 1.807) is 18.2 Å². The molecule has 1 aliphatic rings. The van der Waals surface area contributed by atoms with Gasteiger partial charge in [-0.2, -0.15) is 0 Å². The Labute approximate surface area is 139 Å². The van der Waals surface area contributed by atoms with E-state index in [0.717, 1.165) is 36.6 Å². The van der Waals surface area contributed by atoms with Crippen LogP contribution in [0.25, 0.3) is 10.9 Å². The third-order valence-corrected chi connectivity index (χ3v) is 4.72. The molecule has 22 heavy (non-hydrogen) atoms. The van der Waals surface area contributed by atoms with Crippen LogP contribution in [0.1, 0.15) is 36.2 Å². The number of nitrogens with one attached hydrogen (secondary N) is 2. The summed E-state index contributed by atoms with van der Waals surface area (Å²) < 4.78 is 0. The molecular weight excluding hydrogens is 319 g/mol. The second-order valence-corrected chi connectivity index (χ2v) is 6.51. The van der Waals surface area contributed by atoms with Crippen LogP contribution in [0.5, 0.6) is 0 Å². The van der Waals surface area contributed by atoms with Crippen LogP contribution >= 0.6 is 23.2 Å². The van der Waals surface area contributed by atoms with Gasteiger partial charge in [-0.3, -0.25) is 4.79 Å². The number of aromatic nitrogens is 1. The number of H-pyrrole nitrogens is 1. The first-order chi connectivity index (χ1) is 10.6. The van der Waals surface area contributed by atoms with Crippen LogP contribution in [-0.4, -0.2) is 16.9 Å².